The van der Waals surface area contributed by atoms with Gasteiger partial charge in [-0.25, -0.2) is 0 Å². The summed E-state index contributed by atoms with van der Waals surface area (Å²) in [5, 5.41) is 0. The van der Waals surface area contributed by atoms with Crippen LogP contribution >= 0.6 is 0 Å². The van der Waals surface area contributed by atoms with Crippen LogP contribution in [0.25, 0.3) is 0 Å². The van der Waals surface area contributed by atoms with E-state index in [-0.39, 0.29) is 0 Å². The molecule has 5 heteroatoms. The summed E-state index contributed by atoms with van der Waals surface area (Å²) in [5.74, 6) is 0.396. The maximum absolute atomic E-state index is 5.98. The average molecular weight is 237 g/mol. The lowest BCUT2D eigenvalue weighted by Gasteiger charge is -2.29. The molecule has 1 aromatic carbocycles. The third-order valence-electron chi connectivity index (χ3n) is 3.07. The highest BCUT2D eigenvalue weighted by Crippen LogP contribution is 2.36. The van der Waals surface area contributed by atoms with Crippen LogP contribution in [0.5, 0.6) is 0 Å². The van der Waals surface area contributed by atoms with E-state index in [1.165, 1.54) is 0 Å². The molecule has 0 spiro atoms. The van der Waals surface area contributed by atoms with Gasteiger partial charge in [0, 0.05) is 17.2 Å². The minimum atomic E-state index is -0.462. The second-order valence-electron chi connectivity index (χ2n) is 4.61. The van der Waals surface area contributed by atoms with Gasteiger partial charge in [-0.05, 0) is 18.6 Å². The van der Waals surface area contributed by atoms with Crippen molar-refractivity contribution in [3.63, 3.8) is 0 Å². The molecule has 0 amide bonds. The Morgan fingerprint density at radius 3 is 2.29 bits per heavy atom. The SMILES string of the molecule is Cc1c(N)cc(C2OCC(C)CO2)c(N)c1N. The molecule has 6 N–H and O–H groups in total. The maximum atomic E-state index is 5.98. The Kier molecular flexibility index (Phi) is 3.13. The molecule has 0 saturated carbocycles. The molecule has 0 radical (unpaired) electrons. The summed E-state index contributed by atoms with van der Waals surface area (Å²) in [7, 11) is 0. The van der Waals surface area contributed by atoms with Gasteiger partial charge in [0.1, 0.15) is 0 Å². The molecule has 17 heavy (non-hydrogen) atoms. The molecule has 94 valence electrons. The van der Waals surface area contributed by atoms with Crippen molar-refractivity contribution < 1.29 is 9.47 Å². The molecule has 0 aromatic heterocycles. The summed E-state index contributed by atoms with van der Waals surface area (Å²) in [6.07, 6.45) is -0.462. The predicted molar refractivity (Wildman–Crippen MR) is 68.2 cm³/mol. The van der Waals surface area contributed by atoms with Crippen LogP contribution in [-0.2, 0) is 9.47 Å². The quantitative estimate of drug-likeness (QED) is 0.642. The first-order chi connectivity index (χ1) is 8.00. The van der Waals surface area contributed by atoms with Crippen molar-refractivity contribution in [2.24, 2.45) is 5.92 Å². The van der Waals surface area contributed by atoms with Gasteiger partial charge in [0.15, 0.2) is 6.29 Å². The monoisotopic (exact) mass is 237 g/mol. The molecular weight excluding hydrogens is 218 g/mol. The molecule has 1 aromatic rings. The average Bonchev–Trinajstić information content (AvgIpc) is 2.32. The topological polar surface area (TPSA) is 96.5 Å². The summed E-state index contributed by atoms with van der Waals surface area (Å²) < 4.78 is 11.2. The van der Waals surface area contributed by atoms with Crippen LogP contribution in [0.3, 0.4) is 0 Å². The Balaban J connectivity index is 2.33. The lowest BCUT2D eigenvalue weighted by Crippen LogP contribution is -2.26. The largest absolute Gasteiger partial charge is 0.398 e. The third kappa shape index (κ3) is 2.16. The van der Waals surface area contributed by atoms with Gasteiger partial charge in [-0.1, -0.05) is 6.92 Å². The van der Waals surface area contributed by atoms with Crippen molar-refractivity contribution in [3.8, 4) is 0 Å². The Hall–Kier alpha value is -1.46. The van der Waals surface area contributed by atoms with Gasteiger partial charge in [0.25, 0.3) is 0 Å². The van der Waals surface area contributed by atoms with Gasteiger partial charge in [0.05, 0.1) is 24.6 Å². The minimum absolute atomic E-state index is 0.396. The molecule has 2 rings (SSSR count). The van der Waals surface area contributed by atoms with Gasteiger partial charge < -0.3 is 26.7 Å². The first-order valence-corrected chi connectivity index (χ1v) is 5.67. The summed E-state index contributed by atoms with van der Waals surface area (Å²) in [6, 6.07) is 1.78. The minimum Gasteiger partial charge on any atom is -0.398 e. The molecule has 0 bridgehead atoms. The summed E-state index contributed by atoms with van der Waals surface area (Å²) in [4.78, 5) is 0. The second kappa shape index (κ2) is 4.43. The molecule has 1 aliphatic rings. The predicted octanol–water partition coefficient (Wildman–Crippen LogP) is 1.42. The molecule has 1 saturated heterocycles. The zero-order chi connectivity index (χ0) is 12.6. The molecule has 5 nitrogen and oxygen atoms in total. The molecule has 0 atom stereocenters. The molecular formula is C12H19N3O2. The fourth-order valence-corrected chi connectivity index (χ4v) is 1.84. The van der Waals surface area contributed by atoms with E-state index < -0.39 is 6.29 Å². The molecule has 0 aliphatic carbocycles. The summed E-state index contributed by atoms with van der Waals surface area (Å²) in [5.41, 5.74) is 20.9. The fraction of sp³-hybridized carbons (Fsp3) is 0.500. The second-order valence-corrected chi connectivity index (χ2v) is 4.61. The molecule has 1 heterocycles. The zero-order valence-corrected chi connectivity index (χ0v) is 10.2. The van der Waals surface area contributed by atoms with E-state index in [1.54, 1.807) is 6.07 Å². The van der Waals surface area contributed by atoms with Crippen LogP contribution in [0.2, 0.25) is 0 Å². The van der Waals surface area contributed by atoms with Crippen LogP contribution < -0.4 is 17.2 Å². The van der Waals surface area contributed by atoms with Gasteiger partial charge in [-0.2, -0.15) is 0 Å². The lowest BCUT2D eigenvalue weighted by atomic mass is 10.0. The van der Waals surface area contributed by atoms with E-state index in [0.29, 0.717) is 36.2 Å². The van der Waals surface area contributed by atoms with E-state index in [4.69, 9.17) is 26.7 Å². The van der Waals surface area contributed by atoms with Crippen molar-refractivity contribution in [1.82, 2.24) is 0 Å². The number of rotatable bonds is 1. The Morgan fingerprint density at radius 2 is 1.71 bits per heavy atom. The third-order valence-corrected chi connectivity index (χ3v) is 3.07. The number of nitrogen functional groups attached to an aromatic ring is 3. The van der Waals surface area contributed by atoms with Crippen LogP contribution in [-0.4, -0.2) is 13.2 Å². The van der Waals surface area contributed by atoms with E-state index >= 15 is 0 Å². The van der Waals surface area contributed by atoms with Crippen LogP contribution in [0.4, 0.5) is 17.1 Å². The number of hydrogen-bond acceptors (Lipinski definition) is 5. The summed E-state index contributed by atoms with van der Waals surface area (Å²) >= 11 is 0. The maximum Gasteiger partial charge on any atom is 0.185 e. The Bertz CT molecular complexity index is 426. The Morgan fingerprint density at radius 1 is 1.12 bits per heavy atom. The van der Waals surface area contributed by atoms with Gasteiger partial charge in [-0.3, -0.25) is 0 Å². The normalized spacial score (nSPS) is 24.8. The van der Waals surface area contributed by atoms with E-state index in [1.807, 2.05) is 6.92 Å². The number of anilines is 3. The van der Waals surface area contributed by atoms with E-state index in [0.717, 1.165) is 11.1 Å². The van der Waals surface area contributed by atoms with Crippen LogP contribution in [0.15, 0.2) is 6.07 Å². The van der Waals surface area contributed by atoms with E-state index in [9.17, 15) is 0 Å². The standard InChI is InChI=1S/C12H19N3O2/c1-6-4-16-12(17-5-6)8-3-9(13)7(2)10(14)11(8)15/h3,6,12H,4-5,13-15H2,1-2H3. The van der Waals surface area contributed by atoms with Crippen LogP contribution in [0, 0.1) is 12.8 Å². The first-order valence-electron chi connectivity index (χ1n) is 5.67. The molecule has 0 unspecified atom stereocenters. The number of ether oxygens (including phenoxy) is 2. The Labute approximate surface area is 101 Å². The fourth-order valence-electron chi connectivity index (χ4n) is 1.84. The van der Waals surface area contributed by atoms with Crippen molar-refractivity contribution >= 4 is 17.1 Å². The zero-order valence-electron chi connectivity index (χ0n) is 10.2. The summed E-state index contributed by atoms with van der Waals surface area (Å²) in [6.45, 7) is 5.21. The number of nitrogens with two attached hydrogens (primary N) is 3. The lowest BCUT2D eigenvalue weighted by molar-refractivity contribution is -0.201. The highest BCUT2D eigenvalue weighted by Gasteiger charge is 2.24. The van der Waals surface area contributed by atoms with Gasteiger partial charge in [-0.15, -0.1) is 0 Å². The number of hydrogen-bond donors (Lipinski definition) is 3. The number of benzene rings is 1. The van der Waals surface area contributed by atoms with Crippen LogP contribution in [0.1, 0.15) is 24.3 Å². The molecule has 1 fully saturated rings. The molecule has 1 aliphatic heterocycles. The first kappa shape index (κ1) is 12.0. The van der Waals surface area contributed by atoms with Crippen molar-refractivity contribution in [2.45, 2.75) is 20.1 Å². The van der Waals surface area contributed by atoms with Gasteiger partial charge >= 0.3 is 0 Å². The van der Waals surface area contributed by atoms with Crippen molar-refractivity contribution in [2.75, 3.05) is 30.4 Å². The van der Waals surface area contributed by atoms with Crippen molar-refractivity contribution in [1.29, 1.82) is 0 Å². The van der Waals surface area contributed by atoms with Gasteiger partial charge in [0.2, 0.25) is 0 Å². The highest BCUT2D eigenvalue weighted by atomic mass is 16.7. The smallest absolute Gasteiger partial charge is 0.185 e. The van der Waals surface area contributed by atoms with E-state index in [2.05, 4.69) is 6.92 Å². The highest BCUT2D eigenvalue weighted by molar-refractivity contribution is 5.77. The van der Waals surface area contributed by atoms with Crippen molar-refractivity contribution in [3.05, 3.63) is 17.2 Å².